The number of imidazole rings is 1. The highest BCUT2D eigenvalue weighted by molar-refractivity contribution is 5.83. The fourth-order valence-electron chi connectivity index (χ4n) is 1.96. The van der Waals surface area contributed by atoms with Gasteiger partial charge in [0, 0.05) is 16.9 Å². The molecule has 0 spiro atoms. The third-order valence-corrected chi connectivity index (χ3v) is 3.05. The van der Waals surface area contributed by atoms with E-state index < -0.39 is 0 Å². The average molecular weight is 238 g/mol. The van der Waals surface area contributed by atoms with Crippen LogP contribution < -0.4 is 11.5 Å². The molecule has 90 valence electrons. The number of rotatable bonds is 1. The SMILES string of the molecule is Cc1cc2[nH]c(-c3ccc(N)cc3)nc2cc1N. The maximum atomic E-state index is 5.88. The molecule has 4 nitrogen and oxygen atoms in total. The minimum Gasteiger partial charge on any atom is -0.399 e. The maximum absolute atomic E-state index is 5.88. The van der Waals surface area contributed by atoms with Gasteiger partial charge in [-0.15, -0.1) is 0 Å². The molecule has 0 bridgehead atoms. The topological polar surface area (TPSA) is 80.7 Å². The number of hydrogen-bond donors (Lipinski definition) is 3. The molecule has 0 aliphatic heterocycles. The molecule has 5 N–H and O–H groups in total. The maximum Gasteiger partial charge on any atom is 0.138 e. The van der Waals surface area contributed by atoms with Crippen LogP contribution in [0.15, 0.2) is 36.4 Å². The third-order valence-electron chi connectivity index (χ3n) is 3.05. The second kappa shape index (κ2) is 3.77. The molecule has 0 aliphatic rings. The molecule has 1 heterocycles. The Morgan fingerprint density at radius 3 is 2.50 bits per heavy atom. The van der Waals surface area contributed by atoms with E-state index in [-0.39, 0.29) is 0 Å². The second-order valence-corrected chi connectivity index (χ2v) is 4.43. The summed E-state index contributed by atoms with van der Waals surface area (Å²) in [6.07, 6.45) is 0. The Morgan fingerprint density at radius 1 is 1.06 bits per heavy atom. The van der Waals surface area contributed by atoms with Gasteiger partial charge in [0.25, 0.3) is 0 Å². The van der Waals surface area contributed by atoms with E-state index in [0.29, 0.717) is 0 Å². The van der Waals surface area contributed by atoms with E-state index >= 15 is 0 Å². The first-order valence-corrected chi connectivity index (χ1v) is 5.75. The van der Waals surface area contributed by atoms with Crippen LogP contribution in [0, 0.1) is 6.92 Å². The zero-order valence-corrected chi connectivity index (χ0v) is 10.1. The molecule has 0 atom stereocenters. The molecular weight excluding hydrogens is 224 g/mol. The molecule has 0 saturated heterocycles. The zero-order valence-electron chi connectivity index (χ0n) is 10.1. The zero-order chi connectivity index (χ0) is 12.7. The predicted octanol–water partition coefficient (Wildman–Crippen LogP) is 2.70. The summed E-state index contributed by atoms with van der Waals surface area (Å²) >= 11 is 0. The lowest BCUT2D eigenvalue weighted by molar-refractivity contribution is 1.34. The first-order chi connectivity index (χ1) is 8.63. The first-order valence-electron chi connectivity index (χ1n) is 5.75. The van der Waals surface area contributed by atoms with Crippen molar-refractivity contribution in [2.24, 2.45) is 0 Å². The van der Waals surface area contributed by atoms with E-state index in [9.17, 15) is 0 Å². The van der Waals surface area contributed by atoms with Crippen molar-refractivity contribution < 1.29 is 0 Å². The number of nitrogens with one attached hydrogen (secondary N) is 1. The van der Waals surface area contributed by atoms with Gasteiger partial charge in [0.05, 0.1) is 11.0 Å². The Morgan fingerprint density at radius 2 is 1.78 bits per heavy atom. The fourth-order valence-corrected chi connectivity index (χ4v) is 1.96. The van der Waals surface area contributed by atoms with Crippen LogP contribution in [-0.2, 0) is 0 Å². The molecule has 2 aromatic carbocycles. The van der Waals surface area contributed by atoms with E-state index in [0.717, 1.165) is 39.4 Å². The molecule has 3 rings (SSSR count). The van der Waals surface area contributed by atoms with Crippen molar-refractivity contribution in [1.29, 1.82) is 0 Å². The number of aromatic amines is 1. The number of hydrogen-bond acceptors (Lipinski definition) is 3. The van der Waals surface area contributed by atoms with Crippen LogP contribution in [-0.4, -0.2) is 9.97 Å². The highest BCUT2D eigenvalue weighted by Gasteiger charge is 2.06. The summed E-state index contributed by atoms with van der Waals surface area (Å²) in [4.78, 5) is 7.83. The van der Waals surface area contributed by atoms with Gasteiger partial charge in [0.2, 0.25) is 0 Å². The van der Waals surface area contributed by atoms with E-state index in [1.807, 2.05) is 43.3 Å². The van der Waals surface area contributed by atoms with Gasteiger partial charge in [0.15, 0.2) is 0 Å². The van der Waals surface area contributed by atoms with Crippen LogP contribution in [0.3, 0.4) is 0 Å². The van der Waals surface area contributed by atoms with Crippen molar-refractivity contribution in [2.45, 2.75) is 6.92 Å². The summed E-state index contributed by atoms with van der Waals surface area (Å²) in [5, 5.41) is 0. The minimum absolute atomic E-state index is 0.745. The standard InChI is InChI=1S/C14H14N4/c1-8-6-12-13(7-11(8)16)18-14(17-12)9-2-4-10(15)5-3-9/h2-7H,15-16H2,1H3,(H,17,18). The summed E-state index contributed by atoms with van der Waals surface area (Å²) in [6, 6.07) is 11.5. The molecule has 3 aromatic rings. The van der Waals surface area contributed by atoms with Crippen molar-refractivity contribution in [3.63, 3.8) is 0 Å². The normalized spacial score (nSPS) is 10.9. The van der Waals surface area contributed by atoms with Gasteiger partial charge in [-0.1, -0.05) is 0 Å². The van der Waals surface area contributed by atoms with Crippen molar-refractivity contribution in [3.05, 3.63) is 42.0 Å². The van der Waals surface area contributed by atoms with Crippen molar-refractivity contribution in [3.8, 4) is 11.4 Å². The summed E-state index contributed by atoms with van der Waals surface area (Å²) in [5.74, 6) is 0.829. The van der Waals surface area contributed by atoms with Crippen LogP contribution in [0.5, 0.6) is 0 Å². The van der Waals surface area contributed by atoms with Crippen LogP contribution in [0.1, 0.15) is 5.56 Å². The summed E-state index contributed by atoms with van der Waals surface area (Å²) in [7, 11) is 0. The highest BCUT2D eigenvalue weighted by atomic mass is 14.9. The molecule has 0 aliphatic carbocycles. The summed E-state index contributed by atoms with van der Waals surface area (Å²) in [5.41, 5.74) is 17.0. The monoisotopic (exact) mass is 238 g/mol. The van der Waals surface area contributed by atoms with Crippen molar-refractivity contribution >= 4 is 22.4 Å². The van der Waals surface area contributed by atoms with Crippen LogP contribution >= 0.6 is 0 Å². The number of H-pyrrole nitrogens is 1. The van der Waals surface area contributed by atoms with Gasteiger partial charge < -0.3 is 16.5 Å². The van der Waals surface area contributed by atoms with Gasteiger partial charge in [-0.05, 0) is 48.9 Å². The molecule has 0 unspecified atom stereocenters. The summed E-state index contributed by atoms with van der Waals surface area (Å²) in [6.45, 7) is 1.98. The van der Waals surface area contributed by atoms with Gasteiger partial charge in [-0.2, -0.15) is 0 Å². The molecule has 18 heavy (non-hydrogen) atoms. The molecule has 4 heteroatoms. The number of nitrogens with two attached hydrogens (primary N) is 2. The Balaban J connectivity index is 2.16. The van der Waals surface area contributed by atoms with Crippen molar-refractivity contribution in [2.75, 3.05) is 11.5 Å². The molecule has 0 saturated carbocycles. The van der Waals surface area contributed by atoms with E-state index in [1.54, 1.807) is 0 Å². The van der Waals surface area contributed by atoms with E-state index in [1.165, 1.54) is 0 Å². The highest BCUT2D eigenvalue weighted by Crippen LogP contribution is 2.24. The lowest BCUT2D eigenvalue weighted by atomic mass is 10.2. The van der Waals surface area contributed by atoms with E-state index in [2.05, 4.69) is 9.97 Å². The number of fused-ring (bicyclic) bond motifs is 1. The Labute approximate surface area is 105 Å². The van der Waals surface area contributed by atoms with Crippen LogP contribution in [0.25, 0.3) is 22.4 Å². The van der Waals surface area contributed by atoms with Crippen molar-refractivity contribution in [1.82, 2.24) is 9.97 Å². The minimum atomic E-state index is 0.745. The Bertz CT molecular complexity index is 671. The first kappa shape index (κ1) is 10.7. The third kappa shape index (κ3) is 1.68. The lowest BCUT2D eigenvalue weighted by Crippen LogP contribution is -1.88. The quantitative estimate of drug-likeness (QED) is 0.570. The van der Waals surface area contributed by atoms with Gasteiger partial charge >= 0.3 is 0 Å². The second-order valence-electron chi connectivity index (χ2n) is 4.43. The van der Waals surface area contributed by atoms with Crippen LogP contribution in [0.4, 0.5) is 11.4 Å². The number of nitrogens with zero attached hydrogens (tertiary/aromatic N) is 1. The van der Waals surface area contributed by atoms with Gasteiger partial charge in [-0.25, -0.2) is 4.98 Å². The van der Waals surface area contributed by atoms with Gasteiger partial charge in [0.1, 0.15) is 5.82 Å². The number of nitrogen functional groups attached to an aromatic ring is 2. The molecule has 0 amide bonds. The molecule has 0 fully saturated rings. The number of aromatic nitrogens is 2. The van der Waals surface area contributed by atoms with E-state index in [4.69, 9.17) is 11.5 Å². The smallest absolute Gasteiger partial charge is 0.138 e. The molecule has 0 radical (unpaired) electrons. The Hall–Kier alpha value is -2.49. The largest absolute Gasteiger partial charge is 0.399 e. The Kier molecular flexibility index (Phi) is 2.23. The number of aryl methyl sites for hydroxylation is 1. The lowest BCUT2D eigenvalue weighted by Gasteiger charge is -1.97. The van der Waals surface area contributed by atoms with Gasteiger partial charge in [-0.3, -0.25) is 0 Å². The number of benzene rings is 2. The average Bonchev–Trinajstić information content (AvgIpc) is 2.73. The molecule has 1 aromatic heterocycles. The van der Waals surface area contributed by atoms with Crippen LogP contribution in [0.2, 0.25) is 0 Å². The number of anilines is 2. The summed E-state index contributed by atoms with van der Waals surface area (Å²) < 4.78 is 0. The molecular formula is C14H14N4. The fraction of sp³-hybridized carbons (Fsp3) is 0.0714. The predicted molar refractivity (Wildman–Crippen MR) is 75.1 cm³/mol.